The van der Waals surface area contributed by atoms with Gasteiger partial charge < -0.3 is 21.7 Å². The van der Waals surface area contributed by atoms with Crippen molar-refractivity contribution in [1.29, 1.82) is 0 Å². The second-order valence-corrected chi connectivity index (χ2v) is 6.55. The first kappa shape index (κ1) is 16.0. The number of nitrogen functional groups attached to an aromatic ring is 1. The zero-order chi connectivity index (χ0) is 15.4. The molecule has 2 rings (SSSR count). The van der Waals surface area contributed by atoms with E-state index in [4.69, 9.17) is 11.5 Å². The van der Waals surface area contributed by atoms with Gasteiger partial charge in [0, 0.05) is 25.2 Å². The molecule has 118 valence electrons. The molecule has 0 saturated carbocycles. The van der Waals surface area contributed by atoms with Crippen LogP contribution in [0.1, 0.15) is 49.2 Å². The number of carbonyl (C=O) groups excluding carboxylic acids is 1. The van der Waals surface area contributed by atoms with Gasteiger partial charge in [-0.15, -0.1) is 0 Å². The Hall–Kier alpha value is -1.34. The molecule has 1 fully saturated rings. The number of thiazole rings is 1. The molecule has 2 atom stereocenters. The average molecular weight is 311 g/mol. The third-order valence-electron chi connectivity index (χ3n) is 3.81. The minimum Gasteiger partial charge on any atom is -0.382 e. The van der Waals surface area contributed by atoms with Crippen molar-refractivity contribution in [2.75, 3.05) is 23.7 Å². The summed E-state index contributed by atoms with van der Waals surface area (Å²) in [4.78, 5) is 19.3. The van der Waals surface area contributed by atoms with Crippen molar-refractivity contribution in [2.24, 2.45) is 5.73 Å². The van der Waals surface area contributed by atoms with E-state index in [1.165, 1.54) is 11.3 Å². The molecule has 1 aliphatic rings. The Labute approximate surface area is 129 Å². The molecule has 0 spiro atoms. The molecular formula is C14H25N5OS. The van der Waals surface area contributed by atoms with Crippen LogP contribution >= 0.6 is 11.3 Å². The van der Waals surface area contributed by atoms with Crippen molar-refractivity contribution in [3.05, 3.63) is 4.88 Å². The fourth-order valence-electron chi connectivity index (χ4n) is 2.56. The van der Waals surface area contributed by atoms with Crippen molar-refractivity contribution in [2.45, 2.75) is 51.6 Å². The second-order valence-electron chi connectivity index (χ2n) is 5.57. The van der Waals surface area contributed by atoms with Gasteiger partial charge in [-0.3, -0.25) is 4.79 Å². The molecule has 2 unspecified atom stereocenters. The van der Waals surface area contributed by atoms with E-state index >= 15 is 0 Å². The van der Waals surface area contributed by atoms with Gasteiger partial charge in [0.15, 0.2) is 5.13 Å². The summed E-state index contributed by atoms with van der Waals surface area (Å²) in [5.41, 5.74) is 11.8. The molecular weight excluding hydrogens is 286 g/mol. The van der Waals surface area contributed by atoms with Crippen LogP contribution in [0, 0.1) is 0 Å². The first-order valence-corrected chi connectivity index (χ1v) is 8.44. The quantitative estimate of drug-likeness (QED) is 0.741. The number of nitrogens with one attached hydrogen (secondary N) is 1. The van der Waals surface area contributed by atoms with E-state index in [-0.39, 0.29) is 18.0 Å². The number of aromatic nitrogens is 1. The lowest BCUT2D eigenvalue weighted by atomic mass is 10.1. The Morgan fingerprint density at radius 3 is 2.90 bits per heavy atom. The smallest absolute Gasteiger partial charge is 0.265 e. The molecule has 2 heterocycles. The van der Waals surface area contributed by atoms with E-state index in [0.29, 0.717) is 10.7 Å². The SMILES string of the molecule is CCCC(CC)NC(=O)c1sc(N2CCC(N)C2)nc1N. The van der Waals surface area contributed by atoms with Crippen molar-refractivity contribution in [3.63, 3.8) is 0 Å². The van der Waals surface area contributed by atoms with E-state index in [0.717, 1.165) is 43.9 Å². The van der Waals surface area contributed by atoms with E-state index in [1.54, 1.807) is 0 Å². The van der Waals surface area contributed by atoms with Gasteiger partial charge in [-0.1, -0.05) is 31.6 Å². The molecule has 0 bridgehead atoms. The van der Waals surface area contributed by atoms with Gasteiger partial charge in [0.1, 0.15) is 10.7 Å². The highest BCUT2D eigenvalue weighted by molar-refractivity contribution is 7.18. The average Bonchev–Trinajstić information content (AvgIpc) is 3.04. The first-order valence-electron chi connectivity index (χ1n) is 7.62. The van der Waals surface area contributed by atoms with Crippen LogP contribution in [0.5, 0.6) is 0 Å². The van der Waals surface area contributed by atoms with Crippen molar-refractivity contribution in [1.82, 2.24) is 10.3 Å². The largest absolute Gasteiger partial charge is 0.382 e. The molecule has 1 aromatic heterocycles. The van der Waals surface area contributed by atoms with Crippen molar-refractivity contribution in [3.8, 4) is 0 Å². The Balaban J connectivity index is 2.06. The second kappa shape index (κ2) is 7.09. The summed E-state index contributed by atoms with van der Waals surface area (Å²) in [6.07, 6.45) is 3.91. The van der Waals surface area contributed by atoms with Gasteiger partial charge in [-0.25, -0.2) is 4.98 Å². The maximum Gasteiger partial charge on any atom is 0.265 e. The van der Waals surface area contributed by atoms with E-state index in [1.807, 2.05) is 0 Å². The van der Waals surface area contributed by atoms with Gasteiger partial charge in [-0.05, 0) is 19.3 Å². The number of anilines is 2. The third-order valence-corrected chi connectivity index (χ3v) is 4.94. The first-order chi connectivity index (χ1) is 10.0. The minimum atomic E-state index is -0.111. The number of hydrogen-bond acceptors (Lipinski definition) is 6. The van der Waals surface area contributed by atoms with Crippen LogP contribution in [0.4, 0.5) is 10.9 Å². The molecule has 21 heavy (non-hydrogen) atoms. The number of nitrogens with two attached hydrogens (primary N) is 2. The summed E-state index contributed by atoms with van der Waals surface area (Å²) >= 11 is 1.36. The summed E-state index contributed by atoms with van der Waals surface area (Å²) < 4.78 is 0. The van der Waals surface area contributed by atoms with Gasteiger partial charge >= 0.3 is 0 Å². The van der Waals surface area contributed by atoms with Crippen LogP contribution in [-0.2, 0) is 0 Å². The van der Waals surface area contributed by atoms with Crippen LogP contribution < -0.4 is 21.7 Å². The molecule has 6 nitrogen and oxygen atoms in total. The van der Waals surface area contributed by atoms with E-state index in [9.17, 15) is 4.79 Å². The fourth-order valence-corrected chi connectivity index (χ4v) is 3.48. The summed E-state index contributed by atoms with van der Waals surface area (Å²) in [6.45, 7) is 5.85. The topological polar surface area (TPSA) is 97.3 Å². The zero-order valence-corrected chi connectivity index (χ0v) is 13.6. The van der Waals surface area contributed by atoms with Gasteiger partial charge in [0.2, 0.25) is 0 Å². The van der Waals surface area contributed by atoms with E-state index in [2.05, 4.69) is 29.0 Å². The monoisotopic (exact) mass is 311 g/mol. The number of amides is 1. The van der Waals surface area contributed by atoms with Crippen LogP contribution in [0.15, 0.2) is 0 Å². The standard InChI is InChI=1S/C14H25N5OS/c1-3-5-10(4-2)17-13(20)11-12(16)18-14(21-11)19-7-6-9(15)8-19/h9-10H,3-8,15-16H2,1-2H3,(H,17,20). The fraction of sp³-hybridized carbons (Fsp3) is 0.714. The van der Waals surface area contributed by atoms with Crippen LogP contribution in [0.3, 0.4) is 0 Å². The Morgan fingerprint density at radius 2 is 2.33 bits per heavy atom. The number of hydrogen-bond donors (Lipinski definition) is 3. The molecule has 1 saturated heterocycles. The van der Waals surface area contributed by atoms with Crippen LogP contribution in [-0.4, -0.2) is 36.1 Å². The van der Waals surface area contributed by atoms with Gasteiger partial charge in [-0.2, -0.15) is 0 Å². The molecule has 0 aromatic carbocycles. The lowest BCUT2D eigenvalue weighted by molar-refractivity contribution is 0.0938. The number of nitrogens with zero attached hydrogens (tertiary/aromatic N) is 2. The molecule has 1 aromatic rings. The predicted octanol–water partition coefficient (Wildman–Crippen LogP) is 1.57. The Bertz CT molecular complexity index is 490. The maximum absolute atomic E-state index is 12.3. The molecule has 7 heteroatoms. The highest BCUT2D eigenvalue weighted by atomic mass is 32.1. The predicted molar refractivity (Wildman–Crippen MR) is 87.8 cm³/mol. The maximum atomic E-state index is 12.3. The Morgan fingerprint density at radius 1 is 1.57 bits per heavy atom. The van der Waals surface area contributed by atoms with E-state index < -0.39 is 0 Å². The Kier molecular flexibility index (Phi) is 5.41. The highest BCUT2D eigenvalue weighted by Crippen LogP contribution is 2.30. The summed E-state index contributed by atoms with van der Waals surface area (Å²) in [7, 11) is 0. The summed E-state index contributed by atoms with van der Waals surface area (Å²) in [5, 5.41) is 3.85. The molecule has 0 aliphatic carbocycles. The summed E-state index contributed by atoms with van der Waals surface area (Å²) in [6, 6.07) is 0.383. The number of rotatable bonds is 6. The molecule has 0 radical (unpaired) electrons. The van der Waals surface area contributed by atoms with Crippen LogP contribution in [0.2, 0.25) is 0 Å². The molecule has 5 N–H and O–H groups in total. The van der Waals surface area contributed by atoms with Crippen molar-refractivity contribution >= 4 is 28.2 Å². The lowest BCUT2D eigenvalue weighted by Crippen LogP contribution is -2.34. The molecule has 1 aliphatic heterocycles. The summed E-state index contributed by atoms with van der Waals surface area (Å²) in [5.74, 6) is 0.208. The van der Waals surface area contributed by atoms with Crippen molar-refractivity contribution < 1.29 is 4.79 Å². The van der Waals surface area contributed by atoms with Crippen LogP contribution in [0.25, 0.3) is 0 Å². The molecule has 1 amide bonds. The van der Waals surface area contributed by atoms with Gasteiger partial charge in [0.05, 0.1) is 0 Å². The van der Waals surface area contributed by atoms with Gasteiger partial charge in [0.25, 0.3) is 5.91 Å². The third kappa shape index (κ3) is 3.85. The normalized spacial score (nSPS) is 19.8. The zero-order valence-electron chi connectivity index (χ0n) is 12.8. The highest BCUT2D eigenvalue weighted by Gasteiger charge is 2.25. The minimum absolute atomic E-state index is 0.111. The lowest BCUT2D eigenvalue weighted by Gasteiger charge is -2.15. The number of carbonyl (C=O) groups is 1.